The van der Waals surface area contributed by atoms with E-state index in [0.717, 1.165) is 6.42 Å². The Kier molecular flexibility index (Phi) is 4.86. The Morgan fingerprint density at radius 2 is 1.86 bits per heavy atom. The van der Waals surface area contributed by atoms with Gasteiger partial charge in [0.2, 0.25) is 11.7 Å². The molecule has 6 rings (SSSR count). The maximum Gasteiger partial charge on any atom is 0.255 e. The van der Waals surface area contributed by atoms with Crippen molar-refractivity contribution in [3.05, 3.63) is 45.2 Å². The fraction of sp³-hybridized carbons (Fsp3) is 0.440. The maximum absolute atomic E-state index is 16.0. The average Bonchev–Trinajstić information content (AvgIpc) is 3.24. The Balaban J connectivity index is 1.51. The van der Waals surface area contributed by atoms with Gasteiger partial charge in [0.15, 0.2) is 17.1 Å². The van der Waals surface area contributed by atoms with Gasteiger partial charge < -0.3 is 31.5 Å². The number of anilines is 1. The van der Waals surface area contributed by atoms with Crippen molar-refractivity contribution in [2.75, 3.05) is 11.9 Å². The molecule has 12 heteroatoms. The lowest BCUT2D eigenvalue weighted by atomic mass is 9.60. The van der Waals surface area contributed by atoms with E-state index in [1.165, 1.54) is 0 Å². The number of rotatable bonds is 1. The highest BCUT2D eigenvalue weighted by atomic mass is 19.1. The van der Waals surface area contributed by atoms with Crippen LogP contribution in [-0.4, -0.2) is 66.9 Å². The Labute approximate surface area is 209 Å². The molecule has 0 bridgehead atoms. The number of hydrogen-bond donors (Lipinski definition) is 6. The molecule has 1 fully saturated rings. The Hall–Kier alpha value is -3.77. The van der Waals surface area contributed by atoms with Crippen LogP contribution in [0.5, 0.6) is 5.75 Å². The van der Waals surface area contributed by atoms with Crippen molar-refractivity contribution < 1.29 is 44.0 Å². The van der Waals surface area contributed by atoms with Crippen LogP contribution in [0.2, 0.25) is 0 Å². The summed E-state index contributed by atoms with van der Waals surface area (Å²) in [5, 5.41) is 46.3. The van der Waals surface area contributed by atoms with Crippen LogP contribution >= 0.6 is 0 Å². The fourth-order valence-electron chi connectivity index (χ4n) is 6.77. The Morgan fingerprint density at radius 1 is 1.14 bits per heavy atom. The number of nitrogens with zero attached hydrogens (tertiary/aromatic N) is 1. The van der Waals surface area contributed by atoms with E-state index >= 15 is 4.39 Å². The van der Waals surface area contributed by atoms with Crippen LogP contribution in [0.1, 0.15) is 47.2 Å². The number of aromatic hydroxyl groups is 1. The monoisotopic (exact) mass is 513 g/mol. The minimum atomic E-state index is -2.70. The molecular weight excluding hydrogens is 489 g/mol. The molecule has 4 atom stereocenters. The quantitative estimate of drug-likeness (QED) is 0.231. The molecule has 1 saturated heterocycles. The minimum absolute atomic E-state index is 0.0592. The number of nitrogens with one attached hydrogen (secondary N) is 1. The summed E-state index contributed by atoms with van der Waals surface area (Å²) in [5.74, 6) is -9.04. The summed E-state index contributed by atoms with van der Waals surface area (Å²) >= 11 is 0. The van der Waals surface area contributed by atoms with Crippen molar-refractivity contribution in [1.29, 1.82) is 0 Å². The van der Waals surface area contributed by atoms with Crippen molar-refractivity contribution in [3.63, 3.8) is 0 Å². The normalized spacial score (nSPS) is 31.2. The number of primary amides is 1. The third-order valence-corrected chi connectivity index (χ3v) is 8.54. The number of Topliss-reactive ketones (excluding diaryl/α,β-unsaturated/α-hetero) is 2. The SMILES string of the molecule is NC(=O)C1=C(O)C[C@@H]2C[C@@H]3Cc4c(F)c5c(c(O)c4C(=O)C3=C(O)[C@]2(O)C1=O)NC(=O)[C@H]1CCCN1C5. The van der Waals surface area contributed by atoms with Gasteiger partial charge in [-0.15, -0.1) is 0 Å². The zero-order valence-electron chi connectivity index (χ0n) is 19.5. The van der Waals surface area contributed by atoms with E-state index in [0.29, 0.717) is 13.0 Å². The van der Waals surface area contributed by atoms with Gasteiger partial charge in [-0.1, -0.05) is 0 Å². The molecule has 7 N–H and O–H groups in total. The van der Waals surface area contributed by atoms with Crippen LogP contribution in [0.25, 0.3) is 0 Å². The number of allylic oxidation sites excluding steroid dienone is 2. The van der Waals surface area contributed by atoms with Crippen LogP contribution in [0.4, 0.5) is 10.1 Å². The number of phenolic OH excluding ortho intramolecular Hbond substituents is 1. The van der Waals surface area contributed by atoms with E-state index in [-0.39, 0.29) is 48.2 Å². The number of phenols is 1. The Bertz CT molecular complexity index is 1410. The number of ketones is 2. The number of amides is 2. The number of aliphatic hydroxyl groups is 3. The first-order valence-electron chi connectivity index (χ1n) is 12.0. The molecule has 2 aliphatic heterocycles. The zero-order chi connectivity index (χ0) is 26.5. The van der Waals surface area contributed by atoms with Gasteiger partial charge in [-0.05, 0) is 38.1 Å². The van der Waals surface area contributed by atoms with Crippen molar-refractivity contribution in [1.82, 2.24) is 4.90 Å². The smallest absolute Gasteiger partial charge is 0.255 e. The van der Waals surface area contributed by atoms with Crippen molar-refractivity contribution in [2.45, 2.75) is 50.3 Å². The van der Waals surface area contributed by atoms with Gasteiger partial charge in [0.05, 0.1) is 17.3 Å². The van der Waals surface area contributed by atoms with E-state index in [1.54, 1.807) is 0 Å². The first-order chi connectivity index (χ1) is 17.5. The molecular formula is C25H24FN3O8. The van der Waals surface area contributed by atoms with Crippen LogP contribution < -0.4 is 11.1 Å². The van der Waals surface area contributed by atoms with Crippen LogP contribution in [0.3, 0.4) is 0 Å². The predicted molar refractivity (Wildman–Crippen MR) is 123 cm³/mol. The molecule has 3 aliphatic carbocycles. The molecule has 0 radical (unpaired) electrons. The lowest BCUT2D eigenvalue weighted by Crippen LogP contribution is -2.57. The van der Waals surface area contributed by atoms with Gasteiger partial charge in [0.25, 0.3) is 5.91 Å². The summed E-state index contributed by atoms with van der Waals surface area (Å²) in [6.45, 7) is 0.638. The zero-order valence-corrected chi connectivity index (χ0v) is 19.5. The summed E-state index contributed by atoms with van der Waals surface area (Å²) in [5.41, 5.74) is 0.534. The lowest BCUT2D eigenvalue weighted by molar-refractivity contribution is -0.144. The number of halogens is 1. The summed E-state index contributed by atoms with van der Waals surface area (Å²) in [7, 11) is 0. The summed E-state index contributed by atoms with van der Waals surface area (Å²) in [4.78, 5) is 53.0. The van der Waals surface area contributed by atoms with Gasteiger partial charge in [0.1, 0.15) is 22.9 Å². The number of fused-ring (bicyclic) bond motifs is 5. The molecule has 1 aromatic rings. The second-order valence-electron chi connectivity index (χ2n) is 10.4. The summed E-state index contributed by atoms with van der Waals surface area (Å²) < 4.78 is 16.0. The van der Waals surface area contributed by atoms with E-state index in [1.807, 2.05) is 4.90 Å². The molecule has 2 heterocycles. The second kappa shape index (κ2) is 7.62. The predicted octanol–water partition coefficient (Wildman–Crippen LogP) is 0.636. The maximum atomic E-state index is 16.0. The van der Waals surface area contributed by atoms with Gasteiger partial charge in [-0.25, -0.2) is 4.39 Å². The van der Waals surface area contributed by atoms with Crippen molar-refractivity contribution in [2.24, 2.45) is 17.6 Å². The number of carbonyl (C=O) groups excluding carboxylic acids is 4. The van der Waals surface area contributed by atoms with Crippen molar-refractivity contribution in [3.8, 4) is 5.75 Å². The standard InChI is InChI=1S/C25H24FN3O8/c26-17-10-5-8-4-9-6-13(30)16(23(27)35)22(34)25(9,37)21(33)14(8)19(31)15(10)20(32)18-11(17)7-29-3-1-2-12(29)24(36)28-18/h8-9,12,30,32-33,37H,1-7H2,(H2,27,35)(H,28,36)/t8-,9+,12-,25+/m1/s1. The third-order valence-electron chi connectivity index (χ3n) is 8.54. The number of nitrogens with two attached hydrogens (primary N) is 1. The van der Waals surface area contributed by atoms with E-state index < -0.39 is 81.1 Å². The molecule has 0 saturated carbocycles. The molecule has 5 aliphatic rings. The van der Waals surface area contributed by atoms with Gasteiger partial charge >= 0.3 is 0 Å². The topological polar surface area (TPSA) is 190 Å². The third kappa shape index (κ3) is 2.93. The molecule has 0 spiro atoms. The highest BCUT2D eigenvalue weighted by Gasteiger charge is 2.60. The van der Waals surface area contributed by atoms with E-state index in [4.69, 9.17) is 5.73 Å². The molecule has 2 amide bonds. The lowest BCUT2D eigenvalue weighted by Gasteiger charge is -2.45. The number of benzene rings is 1. The second-order valence-corrected chi connectivity index (χ2v) is 10.4. The molecule has 0 aromatic heterocycles. The van der Waals surface area contributed by atoms with Gasteiger partial charge in [-0.3, -0.25) is 24.1 Å². The molecule has 37 heavy (non-hydrogen) atoms. The Morgan fingerprint density at radius 3 is 2.57 bits per heavy atom. The fourth-order valence-corrected chi connectivity index (χ4v) is 6.77. The molecule has 194 valence electrons. The van der Waals surface area contributed by atoms with Crippen LogP contribution in [0, 0.1) is 17.7 Å². The van der Waals surface area contributed by atoms with Gasteiger partial charge in [-0.2, -0.15) is 0 Å². The van der Waals surface area contributed by atoms with E-state index in [2.05, 4.69) is 5.32 Å². The highest BCUT2D eigenvalue weighted by molar-refractivity contribution is 6.24. The number of carbonyl (C=O) groups is 4. The number of aliphatic hydroxyl groups excluding tert-OH is 2. The van der Waals surface area contributed by atoms with Crippen LogP contribution in [0.15, 0.2) is 22.7 Å². The first kappa shape index (κ1) is 23.6. The minimum Gasteiger partial charge on any atom is -0.511 e. The summed E-state index contributed by atoms with van der Waals surface area (Å²) in [6.07, 6.45) is 0.743. The summed E-state index contributed by atoms with van der Waals surface area (Å²) in [6, 6.07) is -0.490. The molecule has 11 nitrogen and oxygen atoms in total. The van der Waals surface area contributed by atoms with E-state index in [9.17, 15) is 39.6 Å². The largest absolute Gasteiger partial charge is 0.511 e. The number of hydrogen-bond acceptors (Lipinski definition) is 9. The molecule has 1 aromatic carbocycles. The molecule has 0 unspecified atom stereocenters. The average molecular weight is 513 g/mol. The van der Waals surface area contributed by atoms with Gasteiger partial charge in [0, 0.05) is 35.6 Å². The van der Waals surface area contributed by atoms with Crippen molar-refractivity contribution >= 4 is 29.1 Å². The van der Waals surface area contributed by atoms with Crippen LogP contribution in [-0.2, 0) is 27.3 Å². The first-order valence-corrected chi connectivity index (χ1v) is 12.0. The highest BCUT2D eigenvalue weighted by Crippen LogP contribution is 2.53.